The van der Waals surface area contributed by atoms with Crippen LogP contribution in [0.15, 0.2) is 40.0 Å². The highest BCUT2D eigenvalue weighted by atomic mass is 32.2. The molecule has 192 valence electrons. The molecule has 3 aromatic rings. The molecular formula is C25H24FN5O5S. The van der Waals surface area contributed by atoms with Crippen LogP contribution in [0.25, 0.3) is 11.0 Å². The number of carbonyl (C=O) groups is 2. The van der Waals surface area contributed by atoms with Gasteiger partial charge in [-0.25, -0.2) is 14.2 Å². The largest absolute Gasteiger partial charge is 0.477 e. The average Bonchev–Trinajstić information content (AvgIpc) is 3.46. The van der Waals surface area contributed by atoms with Crippen LogP contribution in [0, 0.1) is 5.82 Å². The summed E-state index contributed by atoms with van der Waals surface area (Å²) >= 11 is 1.47. The van der Waals surface area contributed by atoms with Gasteiger partial charge in [-0.3, -0.25) is 19.1 Å². The zero-order valence-corrected chi connectivity index (χ0v) is 20.8. The van der Waals surface area contributed by atoms with E-state index in [2.05, 4.69) is 15.6 Å². The fraction of sp³-hybridized carbons (Fsp3) is 0.360. The highest BCUT2D eigenvalue weighted by Crippen LogP contribution is 2.36. The molecule has 1 fully saturated rings. The van der Waals surface area contributed by atoms with E-state index in [4.69, 9.17) is 9.47 Å². The van der Waals surface area contributed by atoms with Gasteiger partial charge >= 0.3 is 11.7 Å². The topological polar surface area (TPSA) is 115 Å². The normalized spacial score (nSPS) is 20.2. The summed E-state index contributed by atoms with van der Waals surface area (Å²) in [5.41, 5.74) is 2.42. The SMILES string of the molecule is COc1nc2ccc(F)c3c2n(c1=O)C[C@@H]3NCCC[C@@H]1CN(c2ccc3c(c2)NC(=O)CS3)C(=O)O1. The van der Waals surface area contributed by atoms with E-state index in [9.17, 15) is 18.8 Å². The molecule has 1 saturated heterocycles. The van der Waals surface area contributed by atoms with Crippen molar-refractivity contribution in [3.63, 3.8) is 0 Å². The average molecular weight is 526 g/mol. The van der Waals surface area contributed by atoms with Gasteiger partial charge in [-0.2, -0.15) is 0 Å². The van der Waals surface area contributed by atoms with E-state index >= 15 is 0 Å². The number of carbonyl (C=O) groups excluding carboxylic acids is 2. The summed E-state index contributed by atoms with van der Waals surface area (Å²) in [4.78, 5) is 43.6. The molecule has 1 aromatic heterocycles. The third-order valence-corrected chi connectivity index (χ3v) is 7.92. The number of methoxy groups -OCH3 is 1. The highest BCUT2D eigenvalue weighted by molar-refractivity contribution is 8.00. The van der Waals surface area contributed by atoms with E-state index in [1.807, 2.05) is 12.1 Å². The van der Waals surface area contributed by atoms with Crippen LogP contribution in [-0.4, -0.2) is 53.6 Å². The minimum atomic E-state index is -0.423. The van der Waals surface area contributed by atoms with Crippen LogP contribution in [0.1, 0.15) is 24.4 Å². The summed E-state index contributed by atoms with van der Waals surface area (Å²) in [7, 11) is 1.39. The number of fused-ring (bicyclic) bond motifs is 1. The van der Waals surface area contributed by atoms with Crippen LogP contribution in [0.4, 0.5) is 20.6 Å². The molecule has 0 bridgehead atoms. The van der Waals surface area contributed by atoms with Gasteiger partial charge in [0.1, 0.15) is 11.9 Å². The predicted molar refractivity (Wildman–Crippen MR) is 136 cm³/mol. The fourth-order valence-corrected chi connectivity index (χ4v) is 5.92. The lowest BCUT2D eigenvalue weighted by molar-refractivity contribution is -0.113. The monoisotopic (exact) mass is 525 g/mol. The molecule has 6 rings (SSSR count). The maximum Gasteiger partial charge on any atom is 0.414 e. The van der Waals surface area contributed by atoms with Gasteiger partial charge in [-0.05, 0) is 49.7 Å². The van der Waals surface area contributed by atoms with Crippen molar-refractivity contribution in [3.05, 3.63) is 52.1 Å². The van der Waals surface area contributed by atoms with Gasteiger partial charge in [0.15, 0.2) is 0 Å². The number of ether oxygens (including phenoxy) is 2. The third-order valence-electron chi connectivity index (χ3n) is 6.84. The number of aromatic nitrogens is 2. The predicted octanol–water partition coefficient (Wildman–Crippen LogP) is 3.04. The van der Waals surface area contributed by atoms with Crippen molar-refractivity contribution >= 4 is 46.2 Å². The molecule has 0 saturated carbocycles. The molecule has 0 aliphatic carbocycles. The zero-order chi connectivity index (χ0) is 25.7. The first kappa shape index (κ1) is 23.7. The standard InChI is InChI=1S/C25H24FN5O5S/c1-35-23-24(33)31-11-18(21-15(26)5-6-16(29-23)22(21)31)27-8-2-3-14-10-30(25(34)36-14)13-4-7-19-17(9-13)28-20(32)12-37-19/h4-7,9,14,18,27H,2-3,8,10-12H2,1H3,(H,28,32)/t14-,18+/m1/s1. The van der Waals surface area contributed by atoms with Crippen LogP contribution in [-0.2, 0) is 16.1 Å². The van der Waals surface area contributed by atoms with E-state index in [1.165, 1.54) is 29.5 Å². The third kappa shape index (κ3) is 4.19. The molecule has 0 radical (unpaired) electrons. The summed E-state index contributed by atoms with van der Waals surface area (Å²) in [5.74, 6) is -0.0862. The quantitative estimate of drug-likeness (QED) is 0.453. The van der Waals surface area contributed by atoms with Crippen LogP contribution < -0.4 is 25.8 Å². The summed E-state index contributed by atoms with van der Waals surface area (Å²) in [6.45, 7) is 1.23. The first-order chi connectivity index (χ1) is 17.9. The van der Waals surface area contributed by atoms with Crippen molar-refractivity contribution in [1.29, 1.82) is 0 Å². The van der Waals surface area contributed by atoms with Gasteiger partial charge in [0.2, 0.25) is 5.91 Å². The van der Waals surface area contributed by atoms with Crippen LogP contribution in [0.2, 0.25) is 0 Å². The second-order valence-corrected chi connectivity index (χ2v) is 10.2. The molecule has 37 heavy (non-hydrogen) atoms. The van der Waals surface area contributed by atoms with E-state index in [0.717, 1.165) is 4.90 Å². The number of halogens is 1. The molecule has 10 nitrogen and oxygen atoms in total. The lowest BCUT2D eigenvalue weighted by Crippen LogP contribution is -2.28. The number of anilines is 2. The van der Waals surface area contributed by atoms with Gasteiger partial charge in [-0.1, -0.05) is 0 Å². The molecule has 3 aliphatic rings. The van der Waals surface area contributed by atoms with Gasteiger partial charge in [-0.15, -0.1) is 11.8 Å². The Bertz CT molecular complexity index is 1490. The number of amides is 2. The first-order valence-electron chi connectivity index (χ1n) is 12.0. The molecule has 2 aromatic carbocycles. The molecule has 3 aliphatic heterocycles. The molecule has 0 unspecified atom stereocenters. The van der Waals surface area contributed by atoms with Crippen molar-refractivity contribution in [2.75, 3.05) is 36.2 Å². The summed E-state index contributed by atoms with van der Waals surface area (Å²) < 4.78 is 26.9. The van der Waals surface area contributed by atoms with Gasteiger partial charge in [0.05, 0.1) is 42.2 Å². The number of nitrogens with zero attached hydrogens (tertiary/aromatic N) is 3. The maximum absolute atomic E-state index is 14.7. The van der Waals surface area contributed by atoms with Gasteiger partial charge in [0, 0.05) is 22.7 Å². The second kappa shape index (κ2) is 9.34. The molecule has 0 spiro atoms. The highest BCUT2D eigenvalue weighted by Gasteiger charge is 2.33. The Morgan fingerprint density at radius 3 is 2.95 bits per heavy atom. The van der Waals surface area contributed by atoms with Gasteiger partial charge in [0.25, 0.3) is 5.88 Å². The molecular weight excluding hydrogens is 501 g/mol. The van der Waals surface area contributed by atoms with Crippen LogP contribution >= 0.6 is 11.8 Å². The Labute approximate surface area is 215 Å². The molecule has 2 atom stereocenters. The fourth-order valence-electron chi connectivity index (χ4n) is 5.13. The van der Waals surface area contributed by atoms with E-state index in [0.29, 0.717) is 59.7 Å². The minimum Gasteiger partial charge on any atom is -0.477 e. The van der Waals surface area contributed by atoms with E-state index < -0.39 is 6.09 Å². The maximum atomic E-state index is 14.7. The van der Waals surface area contributed by atoms with Gasteiger partial charge < -0.3 is 20.1 Å². The van der Waals surface area contributed by atoms with Crippen LogP contribution in [0.5, 0.6) is 5.88 Å². The van der Waals surface area contributed by atoms with Crippen molar-refractivity contribution < 1.29 is 23.5 Å². The second-order valence-electron chi connectivity index (χ2n) is 9.15. The number of thioether (sulfide) groups is 1. The number of hydrogen-bond donors (Lipinski definition) is 2. The van der Waals surface area contributed by atoms with Crippen molar-refractivity contribution in [2.45, 2.75) is 36.4 Å². The Morgan fingerprint density at radius 2 is 2.11 bits per heavy atom. The first-order valence-corrected chi connectivity index (χ1v) is 13.0. The van der Waals surface area contributed by atoms with E-state index in [1.54, 1.807) is 17.0 Å². The Balaban J connectivity index is 1.07. The Morgan fingerprint density at radius 1 is 1.24 bits per heavy atom. The molecule has 2 N–H and O–H groups in total. The lowest BCUT2D eigenvalue weighted by atomic mass is 10.1. The van der Waals surface area contributed by atoms with Crippen LogP contribution in [0.3, 0.4) is 0 Å². The van der Waals surface area contributed by atoms with Crippen molar-refractivity contribution in [3.8, 4) is 5.88 Å². The molecule has 4 heterocycles. The molecule has 12 heteroatoms. The lowest BCUT2D eigenvalue weighted by Gasteiger charge is -2.20. The van der Waals surface area contributed by atoms with Crippen molar-refractivity contribution in [1.82, 2.24) is 14.9 Å². The Hall–Kier alpha value is -3.64. The number of benzene rings is 2. The number of hydrogen-bond acceptors (Lipinski definition) is 8. The summed E-state index contributed by atoms with van der Waals surface area (Å²) in [6.07, 6.45) is 0.595. The minimum absolute atomic E-state index is 0.0154. The number of cyclic esters (lactones) is 1. The number of rotatable bonds is 7. The van der Waals surface area contributed by atoms with Crippen molar-refractivity contribution in [2.24, 2.45) is 0 Å². The number of nitrogens with one attached hydrogen (secondary N) is 2. The Kier molecular flexibility index (Phi) is 6.00. The summed E-state index contributed by atoms with van der Waals surface area (Å²) in [5, 5.41) is 6.19. The smallest absolute Gasteiger partial charge is 0.414 e. The zero-order valence-electron chi connectivity index (χ0n) is 20.0. The molecule has 2 amide bonds. The summed E-state index contributed by atoms with van der Waals surface area (Å²) in [6, 6.07) is 8.07. The van der Waals surface area contributed by atoms with E-state index in [-0.39, 0.29) is 41.9 Å².